The molecule has 1 amide bonds. The van der Waals surface area contributed by atoms with Crippen LogP contribution in [0.5, 0.6) is 0 Å². The number of likely N-dealkylation sites (tertiary alicyclic amines) is 1. The number of carbonyl (C=O) groups is 1. The summed E-state index contributed by atoms with van der Waals surface area (Å²) in [7, 11) is 0. The molecule has 0 aliphatic carbocycles. The number of hydrogen-bond acceptors (Lipinski definition) is 6. The Kier molecular flexibility index (Phi) is 4.96. The molecule has 0 bridgehead atoms. The van der Waals surface area contributed by atoms with Crippen molar-refractivity contribution in [3.63, 3.8) is 0 Å². The SMILES string of the molecule is Cc1cc([C@@H]2CCCCN2C(=O)Cn2ncc(N3CCCC3)cc2=O)no1. The van der Waals surface area contributed by atoms with Crippen LogP contribution in [0, 0.1) is 6.92 Å². The van der Waals surface area contributed by atoms with Gasteiger partial charge in [0.1, 0.15) is 18.0 Å². The number of carbonyl (C=O) groups excluding carboxylic acids is 1. The molecule has 27 heavy (non-hydrogen) atoms. The predicted octanol–water partition coefficient (Wildman–Crippen LogP) is 1.89. The second-order valence-corrected chi connectivity index (χ2v) is 7.36. The maximum atomic E-state index is 12.9. The molecule has 0 radical (unpaired) electrons. The molecule has 4 rings (SSSR count). The van der Waals surface area contributed by atoms with E-state index in [0.717, 1.165) is 62.3 Å². The third kappa shape index (κ3) is 3.74. The number of hydrogen-bond donors (Lipinski definition) is 0. The average molecular weight is 371 g/mol. The van der Waals surface area contributed by atoms with Crippen molar-refractivity contribution in [2.24, 2.45) is 0 Å². The Morgan fingerprint density at radius 2 is 1.96 bits per heavy atom. The van der Waals surface area contributed by atoms with Gasteiger partial charge in [0.05, 0.1) is 17.9 Å². The summed E-state index contributed by atoms with van der Waals surface area (Å²) in [5, 5.41) is 8.33. The lowest BCUT2D eigenvalue weighted by molar-refractivity contribution is -0.136. The first-order valence-electron chi connectivity index (χ1n) is 9.66. The highest BCUT2D eigenvalue weighted by atomic mass is 16.5. The molecule has 2 fully saturated rings. The lowest BCUT2D eigenvalue weighted by Crippen LogP contribution is -2.42. The normalized spacial score (nSPS) is 20.3. The van der Waals surface area contributed by atoms with Gasteiger partial charge in [-0.15, -0.1) is 0 Å². The predicted molar refractivity (Wildman–Crippen MR) is 99.5 cm³/mol. The van der Waals surface area contributed by atoms with Crippen LogP contribution in [0.3, 0.4) is 0 Å². The second kappa shape index (κ2) is 7.54. The van der Waals surface area contributed by atoms with Crippen molar-refractivity contribution in [3.05, 3.63) is 40.1 Å². The van der Waals surface area contributed by atoms with E-state index in [1.165, 1.54) is 4.68 Å². The fraction of sp³-hybridized carbons (Fsp3) is 0.579. The smallest absolute Gasteiger partial charge is 0.269 e. The summed E-state index contributed by atoms with van der Waals surface area (Å²) in [5.74, 6) is 0.627. The maximum absolute atomic E-state index is 12.9. The van der Waals surface area contributed by atoms with Crippen molar-refractivity contribution in [1.82, 2.24) is 19.8 Å². The number of rotatable bonds is 4. The summed E-state index contributed by atoms with van der Waals surface area (Å²) in [5.41, 5.74) is 1.39. The van der Waals surface area contributed by atoms with Crippen molar-refractivity contribution in [1.29, 1.82) is 0 Å². The molecule has 0 saturated carbocycles. The van der Waals surface area contributed by atoms with Crippen LogP contribution < -0.4 is 10.5 Å². The van der Waals surface area contributed by atoms with Gasteiger partial charge in [-0.2, -0.15) is 5.10 Å². The summed E-state index contributed by atoms with van der Waals surface area (Å²) >= 11 is 0. The molecule has 2 aromatic rings. The number of anilines is 1. The Balaban J connectivity index is 1.49. The molecular formula is C19H25N5O3. The van der Waals surface area contributed by atoms with Gasteiger partial charge < -0.3 is 14.3 Å². The van der Waals surface area contributed by atoms with E-state index in [2.05, 4.69) is 15.2 Å². The molecule has 8 nitrogen and oxygen atoms in total. The monoisotopic (exact) mass is 371 g/mol. The van der Waals surface area contributed by atoms with Crippen LogP contribution >= 0.6 is 0 Å². The van der Waals surface area contributed by atoms with Gasteiger partial charge in [0.15, 0.2) is 0 Å². The first kappa shape index (κ1) is 17.8. The topological polar surface area (TPSA) is 84.5 Å². The molecule has 4 heterocycles. The zero-order valence-corrected chi connectivity index (χ0v) is 15.6. The fourth-order valence-corrected chi connectivity index (χ4v) is 3.99. The fourth-order valence-electron chi connectivity index (χ4n) is 3.99. The molecule has 0 unspecified atom stereocenters. The van der Waals surface area contributed by atoms with Gasteiger partial charge in [-0.1, -0.05) is 5.16 Å². The number of nitrogens with zero attached hydrogens (tertiary/aromatic N) is 5. The van der Waals surface area contributed by atoms with E-state index in [0.29, 0.717) is 6.54 Å². The number of piperidine rings is 1. The quantitative estimate of drug-likeness (QED) is 0.816. The molecule has 0 N–H and O–H groups in total. The van der Waals surface area contributed by atoms with Gasteiger partial charge in [0, 0.05) is 31.8 Å². The van der Waals surface area contributed by atoms with E-state index in [-0.39, 0.29) is 24.1 Å². The third-order valence-electron chi connectivity index (χ3n) is 5.42. The van der Waals surface area contributed by atoms with Crippen molar-refractivity contribution >= 4 is 11.6 Å². The minimum Gasteiger partial charge on any atom is -0.370 e. The van der Waals surface area contributed by atoms with Crippen molar-refractivity contribution < 1.29 is 9.32 Å². The molecule has 0 spiro atoms. The van der Waals surface area contributed by atoms with Crippen molar-refractivity contribution in [3.8, 4) is 0 Å². The van der Waals surface area contributed by atoms with Gasteiger partial charge in [0.2, 0.25) is 5.91 Å². The molecule has 2 aromatic heterocycles. The summed E-state index contributed by atoms with van der Waals surface area (Å²) < 4.78 is 6.44. The molecule has 2 saturated heterocycles. The molecule has 8 heteroatoms. The van der Waals surface area contributed by atoms with E-state index in [1.54, 1.807) is 12.3 Å². The van der Waals surface area contributed by atoms with Gasteiger partial charge in [-0.05, 0) is 39.0 Å². The van der Waals surface area contributed by atoms with Gasteiger partial charge in [0.25, 0.3) is 5.56 Å². The number of aromatic nitrogens is 3. The van der Waals surface area contributed by atoms with E-state index < -0.39 is 0 Å². The standard InChI is InChI=1S/C19H25N5O3/c1-14-10-16(21-27-14)17-6-2-3-9-23(17)19(26)13-24-18(25)11-15(12-20-24)22-7-4-5-8-22/h10-12,17H,2-9,13H2,1H3/t17-/m0/s1. The molecule has 144 valence electrons. The first-order valence-corrected chi connectivity index (χ1v) is 9.66. The van der Waals surface area contributed by atoms with E-state index in [1.807, 2.05) is 17.9 Å². The minimum absolute atomic E-state index is 0.0492. The van der Waals surface area contributed by atoms with Crippen molar-refractivity contribution in [2.75, 3.05) is 24.5 Å². The van der Waals surface area contributed by atoms with E-state index >= 15 is 0 Å². The van der Waals surface area contributed by atoms with Crippen LogP contribution in [0.25, 0.3) is 0 Å². The Labute approximate surface area is 157 Å². The average Bonchev–Trinajstić information content (AvgIpc) is 3.35. The zero-order valence-electron chi connectivity index (χ0n) is 15.6. The summed E-state index contributed by atoms with van der Waals surface area (Å²) in [6.07, 6.45) is 6.82. The van der Waals surface area contributed by atoms with Crippen LogP contribution in [0.1, 0.15) is 49.6 Å². The highest BCUT2D eigenvalue weighted by Gasteiger charge is 2.30. The lowest BCUT2D eigenvalue weighted by Gasteiger charge is -2.34. The van der Waals surface area contributed by atoms with Gasteiger partial charge >= 0.3 is 0 Å². The summed E-state index contributed by atoms with van der Waals surface area (Å²) in [4.78, 5) is 29.3. The third-order valence-corrected chi connectivity index (χ3v) is 5.42. The number of aryl methyl sites for hydroxylation is 1. The zero-order chi connectivity index (χ0) is 18.8. The van der Waals surface area contributed by atoms with Crippen LogP contribution in [0.4, 0.5) is 5.69 Å². The maximum Gasteiger partial charge on any atom is 0.269 e. The Hall–Kier alpha value is -2.64. The molecule has 2 aliphatic rings. The van der Waals surface area contributed by atoms with Gasteiger partial charge in [-0.3, -0.25) is 9.59 Å². The van der Waals surface area contributed by atoms with Gasteiger partial charge in [-0.25, -0.2) is 4.68 Å². The largest absolute Gasteiger partial charge is 0.370 e. The Bertz CT molecular complexity index is 868. The molecule has 2 aliphatic heterocycles. The lowest BCUT2D eigenvalue weighted by atomic mass is 9.99. The van der Waals surface area contributed by atoms with Crippen LogP contribution in [-0.4, -0.2) is 45.4 Å². The summed E-state index contributed by atoms with van der Waals surface area (Å²) in [6, 6.07) is 3.37. The first-order chi connectivity index (χ1) is 13.1. The highest BCUT2D eigenvalue weighted by Crippen LogP contribution is 2.30. The molecule has 1 atom stereocenters. The van der Waals surface area contributed by atoms with E-state index in [4.69, 9.17) is 4.52 Å². The Morgan fingerprint density at radius 1 is 1.19 bits per heavy atom. The summed E-state index contributed by atoms with van der Waals surface area (Å²) in [6.45, 7) is 4.37. The molecular weight excluding hydrogens is 346 g/mol. The Morgan fingerprint density at radius 3 is 2.67 bits per heavy atom. The molecule has 0 aromatic carbocycles. The number of amides is 1. The van der Waals surface area contributed by atoms with Crippen LogP contribution in [-0.2, 0) is 11.3 Å². The van der Waals surface area contributed by atoms with E-state index in [9.17, 15) is 9.59 Å². The van der Waals surface area contributed by atoms with Crippen LogP contribution in [0.2, 0.25) is 0 Å². The van der Waals surface area contributed by atoms with Crippen molar-refractivity contribution in [2.45, 2.75) is 51.6 Å². The van der Waals surface area contributed by atoms with Crippen LogP contribution in [0.15, 0.2) is 27.6 Å². The highest BCUT2D eigenvalue weighted by molar-refractivity contribution is 5.76. The second-order valence-electron chi connectivity index (χ2n) is 7.36. The minimum atomic E-state index is -0.237.